The van der Waals surface area contributed by atoms with Gasteiger partial charge in [-0.15, -0.1) is 0 Å². The lowest BCUT2D eigenvalue weighted by atomic mass is 9.85. The Morgan fingerprint density at radius 1 is 1.26 bits per heavy atom. The summed E-state index contributed by atoms with van der Waals surface area (Å²) >= 11 is 0. The highest BCUT2D eigenvalue weighted by molar-refractivity contribution is 5.29. The first kappa shape index (κ1) is 14.4. The Morgan fingerprint density at radius 2 is 2.11 bits per heavy atom. The van der Waals surface area contributed by atoms with Crippen LogP contribution in [0.4, 0.5) is 0 Å². The fourth-order valence-corrected chi connectivity index (χ4v) is 2.59. The van der Waals surface area contributed by atoms with Gasteiger partial charge in [-0.05, 0) is 37.6 Å². The monoisotopic (exact) mass is 263 g/mol. The van der Waals surface area contributed by atoms with Gasteiger partial charge in [0.25, 0.3) is 0 Å². The van der Waals surface area contributed by atoms with Gasteiger partial charge in [-0.1, -0.05) is 26.0 Å². The summed E-state index contributed by atoms with van der Waals surface area (Å²) in [6.45, 7) is 8.04. The van der Waals surface area contributed by atoms with Crippen LogP contribution in [0.15, 0.2) is 24.3 Å². The van der Waals surface area contributed by atoms with E-state index >= 15 is 0 Å². The van der Waals surface area contributed by atoms with Gasteiger partial charge in [0, 0.05) is 19.1 Å². The number of aryl methyl sites for hydroxylation is 1. The van der Waals surface area contributed by atoms with Crippen molar-refractivity contribution < 1.29 is 9.47 Å². The maximum absolute atomic E-state index is 6.07. The van der Waals surface area contributed by atoms with Gasteiger partial charge in [0.15, 0.2) is 0 Å². The second-order valence-corrected chi connectivity index (χ2v) is 4.98. The van der Waals surface area contributed by atoms with E-state index in [-0.39, 0.29) is 12.2 Å². The van der Waals surface area contributed by atoms with Crippen LogP contribution >= 0.6 is 0 Å². The Bertz CT molecular complexity index is 394. The molecule has 3 nitrogen and oxygen atoms in total. The zero-order chi connectivity index (χ0) is 13.7. The third-order valence-electron chi connectivity index (χ3n) is 3.67. The molecule has 3 atom stereocenters. The molecular weight excluding hydrogens is 238 g/mol. The van der Waals surface area contributed by atoms with Gasteiger partial charge >= 0.3 is 0 Å². The maximum Gasteiger partial charge on any atom is 0.128 e. The number of nitrogens with one attached hydrogen (secondary N) is 1. The fraction of sp³-hybridized carbons (Fsp3) is 0.625. The molecule has 0 aromatic heterocycles. The SMILES string of the molecule is CCNC1CC(Oc2cccc(CC)c2)C1OCC. The average molecular weight is 263 g/mol. The number of hydrogen-bond acceptors (Lipinski definition) is 3. The molecule has 1 aliphatic carbocycles. The standard InChI is InChI=1S/C16H25NO2/c1-4-12-8-7-9-13(10-12)19-15-11-14(17-5-2)16(15)18-6-3/h7-10,14-17H,4-6,11H2,1-3H3. The highest BCUT2D eigenvalue weighted by atomic mass is 16.5. The summed E-state index contributed by atoms with van der Waals surface area (Å²) in [5.41, 5.74) is 1.31. The van der Waals surface area contributed by atoms with Gasteiger partial charge in [0.1, 0.15) is 18.0 Å². The molecule has 0 aliphatic heterocycles. The van der Waals surface area contributed by atoms with Crippen LogP contribution in [-0.2, 0) is 11.2 Å². The van der Waals surface area contributed by atoms with Crippen molar-refractivity contribution in [1.82, 2.24) is 5.32 Å². The summed E-state index contributed by atoms with van der Waals surface area (Å²) in [6.07, 6.45) is 2.41. The van der Waals surface area contributed by atoms with E-state index in [1.54, 1.807) is 0 Å². The van der Waals surface area contributed by atoms with Crippen molar-refractivity contribution in [1.29, 1.82) is 0 Å². The van der Waals surface area contributed by atoms with Crippen LogP contribution in [-0.4, -0.2) is 31.4 Å². The van der Waals surface area contributed by atoms with Crippen molar-refractivity contribution in [2.45, 2.75) is 51.9 Å². The van der Waals surface area contributed by atoms with E-state index in [1.807, 2.05) is 13.0 Å². The second-order valence-electron chi connectivity index (χ2n) is 4.98. The molecule has 19 heavy (non-hydrogen) atoms. The predicted molar refractivity (Wildman–Crippen MR) is 77.7 cm³/mol. The quantitative estimate of drug-likeness (QED) is 0.820. The molecule has 0 amide bonds. The molecule has 1 saturated carbocycles. The van der Waals surface area contributed by atoms with E-state index in [0.717, 1.165) is 31.7 Å². The molecule has 0 spiro atoms. The first-order chi connectivity index (χ1) is 9.28. The van der Waals surface area contributed by atoms with E-state index < -0.39 is 0 Å². The lowest BCUT2D eigenvalue weighted by Gasteiger charge is -2.44. The minimum Gasteiger partial charge on any atom is -0.488 e. The van der Waals surface area contributed by atoms with Gasteiger partial charge in [0.05, 0.1) is 0 Å². The van der Waals surface area contributed by atoms with Gasteiger partial charge in [0.2, 0.25) is 0 Å². The lowest BCUT2D eigenvalue weighted by Crippen LogP contribution is -2.61. The van der Waals surface area contributed by atoms with Crippen LogP contribution in [0.3, 0.4) is 0 Å². The summed E-state index contributed by atoms with van der Waals surface area (Å²) in [5, 5.41) is 3.45. The van der Waals surface area contributed by atoms with E-state index in [4.69, 9.17) is 9.47 Å². The van der Waals surface area contributed by atoms with Gasteiger partial charge in [-0.2, -0.15) is 0 Å². The molecule has 3 heteroatoms. The highest BCUT2D eigenvalue weighted by Crippen LogP contribution is 2.29. The molecular formula is C16H25NO2. The Labute approximate surface area is 116 Å². The van der Waals surface area contributed by atoms with E-state index in [2.05, 4.69) is 37.4 Å². The fourth-order valence-electron chi connectivity index (χ4n) is 2.59. The molecule has 3 unspecified atom stereocenters. The molecule has 2 rings (SSSR count). The van der Waals surface area contributed by atoms with Crippen LogP contribution in [0.2, 0.25) is 0 Å². The van der Waals surface area contributed by atoms with E-state index in [0.29, 0.717) is 6.04 Å². The van der Waals surface area contributed by atoms with Gasteiger partial charge < -0.3 is 14.8 Å². The van der Waals surface area contributed by atoms with Crippen molar-refractivity contribution in [2.75, 3.05) is 13.2 Å². The molecule has 0 radical (unpaired) electrons. The normalized spacial score (nSPS) is 25.9. The second kappa shape index (κ2) is 6.92. The molecule has 1 aromatic rings. The van der Waals surface area contributed by atoms with Crippen LogP contribution in [0.25, 0.3) is 0 Å². The molecule has 1 fully saturated rings. The first-order valence-corrected chi connectivity index (χ1v) is 7.39. The number of ether oxygens (including phenoxy) is 2. The van der Waals surface area contributed by atoms with Crippen LogP contribution in [0.1, 0.15) is 32.8 Å². The van der Waals surface area contributed by atoms with E-state index in [1.165, 1.54) is 5.56 Å². The minimum atomic E-state index is 0.176. The Balaban J connectivity index is 1.94. The van der Waals surface area contributed by atoms with Crippen LogP contribution in [0, 0.1) is 0 Å². The minimum absolute atomic E-state index is 0.176. The number of hydrogen-bond donors (Lipinski definition) is 1. The third kappa shape index (κ3) is 3.48. The third-order valence-corrected chi connectivity index (χ3v) is 3.67. The molecule has 0 bridgehead atoms. The van der Waals surface area contributed by atoms with Crippen molar-refractivity contribution in [2.24, 2.45) is 0 Å². The van der Waals surface area contributed by atoms with Crippen molar-refractivity contribution in [3.63, 3.8) is 0 Å². The van der Waals surface area contributed by atoms with Crippen LogP contribution in [0.5, 0.6) is 5.75 Å². The molecule has 0 saturated heterocycles. The molecule has 106 valence electrons. The van der Waals surface area contributed by atoms with Gasteiger partial charge in [-0.25, -0.2) is 0 Å². The zero-order valence-electron chi connectivity index (χ0n) is 12.2. The summed E-state index contributed by atoms with van der Waals surface area (Å²) in [7, 11) is 0. The molecule has 1 aliphatic rings. The molecule has 1 aromatic carbocycles. The molecule has 0 heterocycles. The summed E-state index contributed by atoms with van der Waals surface area (Å²) in [4.78, 5) is 0. The topological polar surface area (TPSA) is 30.5 Å². The van der Waals surface area contributed by atoms with Crippen molar-refractivity contribution in [3.05, 3.63) is 29.8 Å². The average Bonchev–Trinajstić information content (AvgIpc) is 2.44. The highest BCUT2D eigenvalue weighted by Gasteiger charge is 2.43. The van der Waals surface area contributed by atoms with E-state index in [9.17, 15) is 0 Å². The predicted octanol–water partition coefficient (Wildman–Crippen LogP) is 2.78. The summed E-state index contributed by atoms with van der Waals surface area (Å²) in [6, 6.07) is 8.79. The summed E-state index contributed by atoms with van der Waals surface area (Å²) < 4.78 is 11.9. The Hall–Kier alpha value is -1.06. The lowest BCUT2D eigenvalue weighted by molar-refractivity contribution is -0.104. The first-order valence-electron chi connectivity index (χ1n) is 7.39. The van der Waals surface area contributed by atoms with Gasteiger partial charge in [-0.3, -0.25) is 0 Å². The van der Waals surface area contributed by atoms with Crippen molar-refractivity contribution in [3.8, 4) is 5.75 Å². The van der Waals surface area contributed by atoms with Crippen molar-refractivity contribution >= 4 is 0 Å². The largest absolute Gasteiger partial charge is 0.488 e. The smallest absolute Gasteiger partial charge is 0.128 e. The summed E-state index contributed by atoms with van der Waals surface area (Å²) in [5.74, 6) is 0.962. The zero-order valence-corrected chi connectivity index (χ0v) is 12.2. The number of benzene rings is 1. The Morgan fingerprint density at radius 3 is 2.79 bits per heavy atom. The maximum atomic E-state index is 6.07. The van der Waals surface area contributed by atoms with Crippen LogP contribution < -0.4 is 10.1 Å². The number of likely N-dealkylation sites (N-methyl/N-ethyl adjacent to an activating group) is 1. The molecule has 1 N–H and O–H groups in total. The number of rotatable bonds is 7. The Kier molecular flexibility index (Phi) is 5.23.